The molecule has 0 saturated heterocycles. The van der Waals surface area contributed by atoms with Crippen molar-refractivity contribution in [1.82, 2.24) is 29.9 Å². The molecule has 7 aromatic rings. The number of hydrogen-bond acceptors (Lipinski definition) is 9. The Kier molecular flexibility index (Phi) is 8.56. The summed E-state index contributed by atoms with van der Waals surface area (Å²) in [4.78, 5) is 31.0. The van der Waals surface area contributed by atoms with Crippen LogP contribution in [0.1, 0.15) is 26.4 Å². The molecule has 6 aromatic heterocycles. The maximum absolute atomic E-state index is 13.1. The number of aromatic nitrogens is 6. The lowest BCUT2D eigenvalue weighted by molar-refractivity contribution is 0.627. The second-order valence-electron chi connectivity index (χ2n) is 10.1. The first-order valence-corrected chi connectivity index (χ1v) is 15.8. The van der Waals surface area contributed by atoms with E-state index >= 15 is 0 Å². The van der Waals surface area contributed by atoms with Gasteiger partial charge in [-0.1, -0.05) is 23.7 Å². The molecule has 6 heterocycles. The average molecular weight is 640 g/mol. The summed E-state index contributed by atoms with van der Waals surface area (Å²) in [5, 5.41) is 5.92. The molecule has 0 aliphatic carbocycles. The molecule has 1 N–H and O–H groups in total. The Morgan fingerprint density at radius 2 is 1.25 bits per heavy atom. The van der Waals surface area contributed by atoms with Crippen LogP contribution in [0.15, 0.2) is 73.3 Å². The first kappa shape index (κ1) is 29.7. The number of thiophene rings is 2. The molecule has 11 heteroatoms. The van der Waals surface area contributed by atoms with Crippen molar-refractivity contribution >= 4 is 60.5 Å². The Balaban J connectivity index is 0.000000167. The van der Waals surface area contributed by atoms with E-state index in [4.69, 9.17) is 21.6 Å². The van der Waals surface area contributed by atoms with Crippen LogP contribution in [0.4, 0.5) is 10.2 Å². The van der Waals surface area contributed by atoms with Gasteiger partial charge < -0.3 is 5.32 Å². The second-order valence-corrected chi connectivity index (χ2v) is 12.9. The predicted molar refractivity (Wildman–Crippen MR) is 179 cm³/mol. The third-order valence-electron chi connectivity index (χ3n) is 7.23. The smallest absolute Gasteiger partial charge is 0.164 e. The molecular formula is C33H27ClFN7S2. The Morgan fingerprint density at radius 1 is 0.705 bits per heavy atom. The van der Waals surface area contributed by atoms with Gasteiger partial charge in [0.25, 0.3) is 0 Å². The first-order chi connectivity index (χ1) is 21.3. The molecule has 0 radical (unpaired) electrons. The van der Waals surface area contributed by atoms with Gasteiger partial charge in [0.05, 0.1) is 10.8 Å². The third-order valence-corrected chi connectivity index (χ3v) is 9.70. The van der Waals surface area contributed by atoms with Gasteiger partial charge in [0.2, 0.25) is 0 Å². The summed E-state index contributed by atoms with van der Waals surface area (Å²) in [6.07, 6.45) is 6.96. The SMILES string of the molecule is Cc1sc2nc(-c3cccnc3)nc(Cl)c2c1C.Cc1sc2nc(-c3cccnc3)nc(NCc3ccc(F)cc3)c2c1C. The average Bonchev–Trinajstić information content (AvgIpc) is 3.50. The van der Waals surface area contributed by atoms with Crippen LogP contribution >= 0.6 is 34.3 Å². The number of hydrogen-bond donors (Lipinski definition) is 1. The van der Waals surface area contributed by atoms with E-state index in [1.165, 1.54) is 27.5 Å². The number of nitrogens with zero attached hydrogens (tertiary/aromatic N) is 6. The third kappa shape index (κ3) is 6.14. The Hall–Kier alpha value is -4.38. The molecule has 0 spiro atoms. The van der Waals surface area contributed by atoms with Crippen LogP contribution in [-0.2, 0) is 6.54 Å². The number of pyridine rings is 2. The highest BCUT2D eigenvalue weighted by molar-refractivity contribution is 7.19. The standard InChI is InChI=1S/C20H17FN4S.C13H10ClN3S/c1-12-13(2)26-20-17(12)19(23-10-14-5-7-16(21)8-6-14)24-18(25-20)15-4-3-9-22-11-15;1-7-8(2)18-13-10(7)11(14)16-12(17-13)9-4-3-5-15-6-9/h3-9,11H,10H2,1-2H3,(H,23,24,25);3-6H,1-2H3. The van der Waals surface area contributed by atoms with Crippen LogP contribution < -0.4 is 5.32 Å². The maximum Gasteiger partial charge on any atom is 0.164 e. The number of fused-ring (bicyclic) bond motifs is 2. The minimum atomic E-state index is -0.235. The number of halogens is 2. The molecule has 0 saturated carbocycles. The molecule has 0 aliphatic heterocycles. The summed E-state index contributed by atoms with van der Waals surface area (Å²) in [5.41, 5.74) is 5.10. The Bertz CT molecular complexity index is 2080. The fraction of sp³-hybridized carbons (Fsp3) is 0.152. The van der Waals surface area contributed by atoms with Crippen LogP contribution in [-0.4, -0.2) is 29.9 Å². The second kappa shape index (κ2) is 12.7. The fourth-order valence-electron chi connectivity index (χ4n) is 4.61. The summed E-state index contributed by atoms with van der Waals surface area (Å²) in [5.74, 6) is 1.83. The molecule has 0 aliphatic rings. The van der Waals surface area contributed by atoms with Gasteiger partial charge in [-0.25, -0.2) is 24.3 Å². The number of aryl methyl sites for hydroxylation is 4. The van der Waals surface area contributed by atoms with Crippen molar-refractivity contribution in [3.8, 4) is 22.8 Å². The summed E-state index contributed by atoms with van der Waals surface area (Å²) < 4.78 is 13.1. The lowest BCUT2D eigenvalue weighted by atomic mass is 10.2. The van der Waals surface area contributed by atoms with E-state index < -0.39 is 0 Å². The molecule has 44 heavy (non-hydrogen) atoms. The lowest BCUT2D eigenvalue weighted by Gasteiger charge is -2.10. The fourth-order valence-corrected chi connectivity index (χ4v) is 7.04. The molecule has 7 nitrogen and oxygen atoms in total. The molecule has 220 valence electrons. The van der Waals surface area contributed by atoms with Crippen molar-refractivity contribution < 1.29 is 4.39 Å². The Morgan fingerprint density at radius 3 is 1.82 bits per heavy atom. The molecule has 7 rings (SSSR count). The van der Waals surface area contributed by atoms with E-state index in [0.717, 1.165) is 48.5 Å². The highest BCUT2D eigenvalue weighted by atomic mass is 35.5. The van der Waals surface area contributed by atoms with E-state index in [-0.39, 0.29) is 5.82 Å². The van der Waals surface area contributed by atoms with Crippen molar-refractivity contribution in [2.24, 2.45) is 0 Å². The molecule has 1 aromatic carbocycles. The van der Waals surface area contributed by atoms with E-state index in [0.29, 0.717) is 23.3 Å². The summed E-state index contributed by atoms with van der Waals surface area (Å²) >= 11 is 9.58. The quantitative estimate of drug-likeness (QED) is 0.188. The van der Waals surface area contributed by atoms with E-state index in [2.05, 4.69) is 46.0 Å². The summed E-state index contributed by atoms with van der Waals surface area (Å²) in [6, 6.07) is 14.1. The molecule has 0 amide bonds. The van der Waals surface area contributed by atoms with Gasteiger partial charge in [-0.2, -0.15) is 0 Å². The molecule has 0 bridgehead atoms. The van der Waals surface area contributed by atoms with Crippen LogP contribution in [0.2, 0.25) is 5.15 Å². The van der Waals surface area contributed by atoms with E-state index in [1.54, 1.807) is 59.6 Å². The zero-order valence-corrected chi connectivity index (χ0v) is 26.8. The van der Waals surface area contributed by atoms with Crippen molar-refractivity contribution in [2.75, 3.05) is 5.32 Å². The maximum atomic E-state index is 13.1. The molecular weight excluding hydrogens is 613 g/mol. The topological polar surface area (TPSA) is 89.4 Å². The number of benzene rings is 1. The summed E-state index contributed by atoms with van der Waals surface area (Å²) in [6.45, 7) is 8.86. The van der Waals surface area contributed by atoms with Crippen molar-refractivity contribution in [3.05, 3.63) is 111 Å². The normalized spacial score (nSPS) is 11.0. The van der Waals surface area contributed by atoms with Crippen molar-refractivity contribution in [2.45, 2.75) is 34.2 Å². The minimum absolute atomic E-state index is 0.235. The number of rotatable bonds is 5. The lowest BCUT2D eigenvalue weighted by Crippen LogP contribution is -2.04. The van der Waals surface area contributed by atoms with Gasteiger partial charge in [-0.15, -0.1) is 22.7 Å². The van der Waals surface area contributed by atoms with Crippen LogP contribution in [0, 0.1) is 33.5 Å². The van der Waals surface area contributed by atoms with Gasteiger partial charge >= 0.3 is 0 Å². The summed E-state index contributed by atoms with van der Waals surface area (Å²) in [7, 11) is 0. The zero-order chi connectivity index (χ0) is 30.8. The monoisotopic (exact) mass is 639 g/mol. The highest BCUT2D eigenvalue weighted by Gasteiger charge is 2.16. The molecule has 0 fully saturated rings. The zero-order valence-electron chi connectivity index (χ0n) is 24.4. The predicted octanol–water partition coefficient (Wildman–Crippen LogP) is 9.14. The van der Waals surface area contributed by atoms with Crippen molar-refractivity contribution in [1.29, 1.82) is 0 Å². The van der Waals surface area contributed by atoms with Gasteiger partial charge in [-0.3, -0.25) is 9.97 Å². The van der Waals surface area contributed by atoms with Gasteiger partial charge in [-0.05, 0) is 80.8 Å². The van der Waals surface area contributed by atoms with Gasteiger partial charge in [0.1, 0.15) is 26.4 Å². The number of nitrogens with one attached hydrogen (secondary N) is 1. The minimum Gasteiger partial charge on any atom is -0.365 e. The van der Waals surface area contributed by atoms with Crippen molar-refractivity contribution in [3.63, 3.8) is 0 Å². The van der Waals surface area contributed by atoms with Crippen LogP contribution in [0.5, 0.6) is 0 Å². The molecule has 0 atom stereocenters. The largest absolute Gasteiger partial charge is 0.365 e. The van der Waals surface area contributed by atoms with Crippen LogP contribution in [0.25, 0.3) is 43.2 Å². The Labute approximate surface area is 266 Å². The first-order valence-electron chi connectivity index (χ1n) is 13.8. The van der Waals surface area contributed by atoms with E-state index in [9.17, 15) is 4.39 Å². The number of anilines is 1. The van der Waals surface area contributed by atoms with Crippen LogP contribution in [0.3, 0.4) is 0 Å². The van der Waals surface area contributed by atoms with Gasteiger partial charge in [0, 0.05) is 52.2 Å². The molecule has 0 unspecified atom stereocenters. The van der Waals surface area contributed by atoms with Gasteiger partial charge in [0.15, 0.2) is 11.6 Å². The highest BCUT2D eigenvalue weighted by Crippen LogP contribution is 2.36. The van der Waals surface area contributed by atoms with E-state index in [1.807, 2.05) is 31.2 Å².